The summed E-state index contributed by atoms with van der Waals surface area (Å²) in [6, 6.07) is 1.83. The van der Waals surface area contributed by atoms with Crippen LogP contribution in [0.25, 0.3) is 0 Å². The first-order valence-corrected chi connectivity index (χ1v) is 6.38. The Labute approximate surface area is 106 Å². The van der Waals surface area contributed by atoms with Crippen molar-refractivity contribution in [3.8, 4) is 0 Å². The van der Waals surface area contributed by atoms with Crippen LogP contribution in [0.4, 0.5) is 5.00 Å². The highest BCUT2D eigenvalue weighted by atomic mass is 79.9. The summed E-state index contributed by atoms with van der Waals surface area (Å²) in [4.78, 5) is 24.2. The lowest BCUT2D eigenvalue weighted by molar-refractivity contribution is -0.145. The largest absolute Gasteiger partial charge is 0.466 e. The van der Waals surface area contributed by atoms with Crippen LogP contribution in [-0.2, 0) is 14.3 Å². The maximum atomic E-state index is 11.7. The molecule has 0 aliphatic carbocycles. The van der Waals surface area contributed by atoms with Gasteiger partial charge in [-0.3, -0.25) is 9.59 Å². The van der Waals surface area contributed by atoms with Gasteiger partial charge in [-0.15, -0.1) is 11.3 Å². The molecule has 0 fully saturated rings. The van der Waals surface area contributed by atoms with Crippen LogP contribution >= 0.6 is 27.3 Å². The van der Waals surface area contributed by atoms with Crippen LogP contribution in [0.3, 0.4) is 0 Å². The zero-order chi connectivity index (χ0) is 12.1. The van der Waals surface area contributed by atoms with Gasteiger partial charge in [0, 0.05) is 16.9 Å². The van der Waals surface area contributed by atoms with Gasteiger partial charge in [0.05, 0.1) is 11.6 Å². The Bertz CT molecular complexity index is 391. The molecule has 1 aromatic heterocycles. The monoisotopic (exact) mass is 305 g/mol. The first-order valence-electron chi connectivity index (χ1n) is 4.70. The molecule has 0 N–H and O–H groups in total. The average Bonchev–Trinajstić information content (AvgIpc) is 2.64. The number of esters is 1. The Morgan fingerprint density at radius 1 is 1.56 bits per heavy atom. The normalized spacial score (nSPS) is 9.94. The minimum Gasteiger partial charge on any atom is -0.466 e. The van der Waals surface area contributed by atoms with Crippen molar-refractivity contribution in [1.29, 1.82) is 0 Å². The van der Waals surface area contributed by atoms with Gasteiger partial charge in [0.1, 0.15) is 6.42 Å². The summed E-state index contributed by atoms with van der Waals surface area (Å²) in [5.74, 6) is -0.761. The van der Waals surface area contributed by atoms with E-state index in [1.54, 1.807) is 14.0 Å². The van der Waals surface area contributed by atoms with E-state index in [1.165, 1.54) is 16.2 Å². The van der Waals surface area contributed by atoms with Crippen LogP contribution in [0.2, 0.25) is 0 Å². The van der Waals surface area contributed by atoms with E-state index in [0.29, 0.717) is 6.61 Å². The molecule has 88 valence electrons. The van der Waals surface area contributed by atoms with Crippen molar-refractivity contribution in [3.63, 3.8) is 0 Å². The number of hydrogen-bond acceptors (Lipinski definition) is 4. The molecule has 1 amide bonds. The van der Waals surface area contributed by atoms with Gasteiger partial charge in [0.15, 0.2) is 0 Å². The lowest BCUT2D eigenvalue weighted by Crippen LogP contribution is -2.28. The molecular formula is C10H12BrNO3S. The zero-order valence-corrected chi connectivity index (χ0v) is 11.4. The number of carbonyl (C=O) groups excluding carboxylic acids is 2. The first kappa shape index (κ1) is 13.2. The van der Waals surface area contributed by atoms with E-state index in [2.05, 4.69) is 15.9 Å². The third-order valence-corrected chi connectivity index (χ3v) is 3.63. The van der Waals surface area contributed by atoms with Crippen LogP contribution in [0, 0.1) is 0 Å². The summed E-state index contributed by atoms with van der Waals surface area (Å²) in [6.07, 6.45) is -0.222. The van der Waals surface area contributed by atoms with Crippen molar-refractivity contribution in [2.75, 3.05) is 18.6 Å². The Balaban J connectivity index is 2.57. The van der Waals surface area contributed by atoms with E-state index in [1.807, 2.05) is 11.4 Å². The molecule has 0 spiro atoms. The molecule has 4 nitrogen and oxygen atoms in total. The Kier molecular flexibility index (Phi) is 4.95. The van der Waals surface area contributed by atoms with Crippen molar-refractivity contribution in [3.05, 3.63) is 15.9 Å². The quantitative estimate of drug-likeness (QED) is 0.634. The maximum absolute atomic E-state index is 11.7. The second-order valence-electron chi connectivity index (χ2n) is 3.04. The molecule has 1 heterocycles. The number of carbonyl (C=O) groups is 2. The van der Waals surface area contributed by atoms with Gasteiger partial charge in [0.2, 0.25) is 5.91 Å². The highest BCUT2D eigenvalue weighted by Crippen LogP contribution is 2.27. The Hall–Kier alpha value is -0.880. The lowest BCUT2D eigenvalue weighted by atomic mass is 10.4. The third-order valence-electron chi connectivity index (χ3n) is 1.86. The summed E-state index contributed by atoms with van der Waals surface area (Å²) in [5.41, 5.74) is 0. The maximum Gasteiger partial charge on any atom is 0.315 e. The van der Waals surface area contributed by atoms with Gasteiger partial charge in [-0.25, -0.2) is 0 Å². The molecule has 1 rings (SSSR count). The molecule has 0 atom stereocenters. The molecule has 0 aromatic carbocycles. The van der Waals surface area contributed by atoms with E-state index in [9.17, 15) is 9.59 Å². The smallest absolute Gasteiger partial charge is 0.315 e. The fraction of sp³-hybridized carbons (Fsp3) is 0.400. The fourth-order valence-corrected chi connectivity index (χ4v) is 2.46. The van der Waals surface area contributed by atoms with E-state index < -0.39 is 5.97 Å². The molecule has 1 aromatic rings. The molecule has 0 aliphatic rings. The second kappa shape index (κ2) is 6.00. The van der Waals surface area contributed by atoms with Gasteiger partial charge in [-0.05, 0) is 28.9 Å². The molecule has 0 bridgehead atoms. The lowest BCUT2D eigenvalue weighted by Gasteiger charge is -2.14. The number of ether oxygens (including phenoxy) is 1. The number of anilines is 1. The van der Waals surface area contributed by atoms with Gasteiger partial charge in [-0.2, -0.15) is 0 Å². The van der Waals surface area contributed by atoms with Gasteiger partial charge < -0.3 is 9.64 Å². The van der Waals surface area contributed by atoms with Gasteiger partial charge >= 0.3 is 5.97 Å². The molecule has 0 saturated carbocycles. The number of nitrogens with zero attached hydrogens (tertiary/aromatic N) is 1. The van der Waals surface area contributed by atoms with Crippen molar-refractivity contribution in [2.45, 2.75) is 13.3 Å². The van der Waals surface area contributed by atoms with E-state index in [4.69, 9.17) is 4.74 Å². The molecule has 0 unspecified atom stereocenters. The van der Waals surface area contributed by atoms with Crippen molar-refractivity contribution < 1.29 is 14.3 Å². The Morgan fingerprint density at radius 2 is 2.25 bits per heavy atom. The zero-order valence-electron chi connectivity index (χ0n) is 9.03. The number of halogens is 1. The predicted octanol–water partition coefficient (Wildman–Crippen LogP) is 2.43. The highest BCUT2D eigenvalue weighted by Gasteiger charge is 2.17. The second-order valence-corrected chi connectivity index (χ2v) is 4.84. The molecule has 0 aliphatic heterocycles. The summed E-state index contributed by atoms with van der Waals surface area (Å²) >= 11 is 4.74. The summed E-state index contributed by atoms with van der Waals surface area (Å²) in [6.45, 7) is 2.00. The van der Waals surface area contributed by atoms with Crippen LogP contribution in [-0.4, -0.2) is 25.5 Å². The minimum absolute atomic E-state index is 0.222. The molecular weight excluding hydrogens is 294 g/mol. The first-order chi connectivity index (χ1) is 7.54. The van der Waals surface area contributed by atoms with Gasteiger partial charge in [0.25, 0.3) is 0 Å². The summed E-state index contributed by atoms with van der Waals surface area (Å²) in [5, 5.41) is 2.67. The van der Waals surface area contributed by atoms with Crippen molar-refractivity contribution in [1.82, 2.24) is 0 Å². The van der Waals surface area contributed by atoms with Crippen molar-refractivity contribution >= 4 is 44.1 Å². The molecule has 0 saturated heterocycles. The van der Waals surface area contributed by atoms with E-state index in [0.717, 1.165) is 9.47 Å². The minimum atomic E-state index is -0.491. The molecule has 0 radical (unpaired) electrons. The van der Waals surface area contributed by atoms with E-state index in [-0.39, 0.29) is 12.3 Å². The number of hydrogen-bond donors (Lipinski definition) is 0. The summed E-state index contributed by atoms with van der Waals surface area (Å²) in [7, 11) is 1.64. The van der Waals surface area contributed by atoms with Gasteiger partial charge in [-0.1, -0.05) is 0 Å². The molecule has 16 heavy (non-hydrogen) atoms. The van der Waals surface area contributed by atoms with Crippen LogP contribution in [0.1, 0.15) is 13.3 Å². The SMILES string of the molecule is CCOC(=O)CC(=O)N(C)c1cc(Br)cs1. The standard InChI is InChI=1S/C10H12BrNO3S/c1-3-15-10(14)5-8(13)12(2)9-4-7(11)6-16-9/h4,6H,3,5H2,1-2H3. The predicted molar refractivity (Wildman–Crippen MR) is 66.7 cm³/mol. The topological polar surface area (TPSA) is 46.6 Å². The molecule has 6 heteroatoms. The number of thiophene rings is 1. The van der Waals surface area contributed by atoms with Crippen molar-refractivity contribution in [2.24, 2.45) is 0 Å². The van der Waals surface area contributed by atoms with Crippen LogP contribution in [0.5, 0.6) is 0 Å². The Morgan fingerprint density at radius 3 is 2.75 bits per heavy atom. The van der Waals surface area contributed by atoms with E-state index >= 15 is 0 Å². The number of rotatable bonds is 4. The van der Waals surface area contributed by atoms with Crippen LogP contribution < -0.4 is 4.90 Å². The number of amides is 1. The average molecular weight is 306 g/mol. The summed E-state index contributed by atoms with van der Waals surface area (Å²) < 4.78 is 5.63. The third kappa shape index (κ3) is 3.61. The fourth-order valence-electron chi connectivity index (χ4n) is 1.06. The van der Waals surface area contributed by atoms with Crippen LogP contribution in [0.15, 0.2) is 15.9 Å². The highest BCUT2D eigenvalue weighted by molar-refractivity contribution is 9.10.